The number of hydrogen-bond donors (Lipinski definition) is 1. The van der Waals surface area contributed by atoms with Crippen LogP contribution in [0.4, 0.5) is 0 Å². The monoisotopic (exact) mass is 340 g/mol. The summed E-state index contributed by atoms with van der Waals surface area (Å²) in [6.45, 7) is 4.58. The van der Waals surface area contributed by atoms with Gasteiger partial charge in [0.1, 0.15) is 0 Å². The maximum absolute atomic E-state index is 5.57. The molecule has 0 saturated heterocycles. The van der Waals surface area contributed by atoms with E-state index in [9.17, 15) is 0 Å². The molecule has 2 nitrogen and oxygen atoms in total. The minimum absolute atomic E-state index is 0.583. The van der Waals surface area contributed by atoms with E-state index in [-0.39, 0.29) is 0 Å². The lowest BCUT2D eigenvalue weighted by atomic mass is 10.0. The second-order valence-electron chi connectivity index (χ2n) is 3.59. The van der Waals surface area contributed by atoms with E-state index < -0.39 is 0 Å². The summed E-state index contributed by atoms with van der Waals surface area (Å²) in [7, 11) is 0. The van der Waals surface area contributed by atoms with E-state index in [2.05, 4.69) is 57.9 Å². The predicted octanol–water partition coefficient (Wildman–Crippen LogP) is 3.92. The molecule has 1 rings (SSSR count). The molecule has 0 fully saturated rings. The summed E-state index contributed by atoms with van der Waals surface area (Å²) in [4.78, 5) is 4.23. The fraction of sp³-hybridized carbons (Fsp3) is 0.214. The molecule has 0 aromatic heterocycles. The highest BCUT2D eigenvalue weighted by atomic mass is 127. The molecule has 0 spiro atoms. The molecule has 3 heteroatoms. The van der Waals surface area contributed by atoms with E-state index in [1.54, 1.807) is 0 Å². The molecule has 2 N–H and O–H groups in total. The molecule has 0 unspecified atom stereocenters. The van der Waals surface area contributed by atoms with Gasteiger partial charge in [-0.3, -0.25) is 4.99 Å². The van der Waals surface area contributed by atoms with Crippen molar-refractivity contribution in [3.63, 3.8) is 0 Å². The zero-order valence-electron chi connectivity index (χ0n) is 10.2. The van der Waals surface area contributed by atoms with Crippen molar-refractivity contribution in [2.75, 3.05) is 0 Å². The van der Waals surface area contributed by atoms with Gasteiger partial charge in [0.25, 0.3) is 0 Å². The summed E-state index contributed by atoms with van der Waals surface area (Å²) in [6.07, 6.45) is 5.92. The number of hydrogen-bond acceptors (Lipinski definition) is 2. The van der Waals surface area contributed by atoms with Crippen LogP contribution in [0.25, 0.3) is 5.57 Å². The molecule has 0 aliphatic rings. The quantitative estimate of drug-likeness (QED) is 0.504. The zero-order chi connectivity index (χ0) is 12.7. The van der Waals surface area contributed by atoms with Crippen LogP contribution in [0.15, 0.2) is 47.6 Å². The third-order valence-corrected chi connectivity index (χ3v) is 2.62. The van der Waals surface area contributed by atoms with Gasteiger partial charge in [-0.1, -0.05) is 30.3 Å². The third-order valence-electron chi connectivity index (χ3n) is 2.34. The van der Waals surface area contributed by atoms with Crippen molar-refractivity contribution in [2.45, 2.75) is 20.4 Å². The number of halogens is 1. The highest BCUT2D eigenvalue weighted by molar-refractivity contribution is 14.1. The van der Waals surface area contributed by atoms with E-state index in [0.717, 1.165) is 14.9 Å². The molecule has 90 valence electrons. The molecule has 0 atom stereocenters. The molecule has 0 saturated carbocycles. The summed E-state index contributed by atoms with van der Waals surface area (Å²) in [5.41, 5.74) is 9.07. The van der Waals surface area contributed by atoms with Crippen LogP contribution in [0.5, 0.6) is 0 Å². The first-order valence-corrected chi connectivity index (χ1v) is 6.57. The predicted molar refractivity (Wildman–Crippen MR) is 84.3 cm³/mol. The average molecular weight is 340 g/mol. The molecule has 0 heterocycles. The van der Waals surface area contributed by atoms with Crippen molar-refractivity contribution in [1.82, 2.24) is 0 Å². The lowest BCUT2D eigenvalue weighted by molar-refractivity contribution is 1.07. The summed E-state index contributed by atoms with van der Waals surface area (Å²) in [5.74, 6) is 0. The Kier molecular flexibility index (Phi) is 6.15. The van der Waals surface area contributed by atoms with E-state index in [1.807, 2.05) is 26.1 Å². The normalized spacial score (nSPS) is 13.4. The number of benzene rings is 1. The summed E-state index contributed by atoms with van der Waals surface area (Å²) >= 11 is 2.19. The Balaban J connectivity index is 2.87. The molecular formula is C14H17IN2. The largest absolute Gasteiger partial charge is 0.326 e. The maximum atomic E-state index is 5.57. The van der Waals surface area contributed by atoms with Crippen molar-refractivity contribution < 1.29 is 0 Å². The van der Waals surface area contributed by atoms with E-state index in [4.69, 9.17) is 5.73 Å². The molecule has 0 aliphatic heterocycles. The van der Waals surface area contributed by atoms with Crippen LogP contribution >= 0.6 is 22.6 Å². The molecule has 1 aromatic rings. The number of rotatable bonds is 4. The first kappa shape index (κ1) is 14.1. The van der Waals surface area contributed by atoms with Gasteiger partial charge in [0.05, 0.1) is 3.72 Å². The van der Waals surface area contributed by atoms with Crippen LogP contribution in [0.3, 0.4) is 0 Å². The Labute approximate surface area is 116 Å². The summed E-state index contributed by atoms with van der Waals surface area (Å²) in [6, 6.07) is 8.28. The minimum Gasteiger partial charge on any atom is -0.326 e. The molecule has 0 radical (unpaired) electrons. The van der Waals surface area contributed by atoms with Crippen LogP contribution < -0.4 is 5.73 Å². The van der Waals surface area contributed by atoms with Gasteiger partial charge in [-0.15, -0.1) is 0 Å². The van der Waals surface area contributed by atoms with E-state index in [1.165, 1.54) is 5.56 Å². The topological polar surface area (TPSA) is 38.4 Å². The Morgan fingerprint density at radius 2 is 2.00 bits per heavy atom. The molecule has 0 aliphatic carbocycles. The second-order valence-corrected chi connectivity index (χ2v) is 5.15. The van der Waals surface area contributed by atoms with E-state index in [0.29, 0.717) is 6.54 Å². The lowest BCUT2D eigenvalue weighted by Crippen LogP contribution is -1.95. The Bertz CT molecular complexity index is 438. The highest BCUT2D eigenvalue weighted by Crippen LogP contribution is 2.16. The Morgan fingerprint density at radius 1 is 1.35 bits per heavy atom. The van der Waals surface area contributed by atoms with Crippen molar-refractivity contribution in [3.8, 4) is 0 Å². The molecule has 1 aromatic carbocycles. The molecule has 0 amide bonds. The van der Waals surface area contributed by atoms with Gasteiger partial charge >= 0.3 is 0 Å². The van der Waals surface area contributed by atoms with Gasteiger partial charge < -0.3 is 5.73 Å². The van der Waals surface area contributed by atoms with Crippen LogP contribution in [0.2, 0.25) is 0 Å². The van der Waals surface area contributed by atoms with Crippen LogP contribution in [0.1, 0.15) is 25.0 Å². The number of allylic oxidation sites excluding steroid dienone is 3. The summed E-state index contributed by atoms with van der Waals surface area (Å²) < 4.78 is 1.02. The number of aliphatic imine (C=N–C) groups is 1. The smallest absolute Gasteiger partial charge is 0.0752 e. The zero-order valence-corrected chi connectivity index (χ0v) is 12.3. The number of nitrogens with two attached hydrogens (primary N) is 1. The van der Waals surface area contributed by atoms with Crippen molar-refractivity contribution in [2.24, 2.45) is 10.7 Å². The van der Waals surface area contributed by atoms with Gasteiger partial charge in [0, 0.05) is 12.7 Å². The van der Waals surface area contributed by atoms with Gasteiger partial charge in [0.15, 0.2) is 0 Å². The SMILES string of the molecule is CC=C(/C=C\N=C(C)I)c1ccc(CN)cc1. The number of nitrogens with zero attached hydrogens (tertiary/aromatic N) is 1. The molecule has 17 heavy (non-hydrogen) atoms. The Hall–Kier alpha value is -0.940. The van der Waals surface area contributed by atoms with Gasteiger partial charge in [-0.2, -0.15) is 0 Å². The molecular weight excluding hydrogens is 323 g/mol. The van der Waals surface area contributed by atoms with Crippen molar-refractivity contribution in [1.29, 1.82) is 0 Å². The Morgan fingerprint density at radius 3 is 2.47 bits per heavy atom. The fourth-order valence-corrected chi connectivity index (χ4v) is 1.57. The van der Waals surface area contributed by atoms with Crippen LogP contribution in [0, 0.1) is 0 Å². The minimum atomic E-state index is 0.583. The summed E-state index contributed by atoms with van der Waals surface area (Å²) in [5, 5.41) is 0. The highest BCUT2D eigenvalue weighted by Gasteiger charge is 1.96. The van der Waals surface area contributed by atoms with E-state index >= 15 is 0 Å². The average Bonchev–Trinajstić information content (AvgIpc) is 2.34. The van der Waals surface area contributed by atoms with Gasteiger partial charge in [-0.25, -0.2) is 0 Å². The standard InChI is InChI=1S/C14H17IN2/c1-3-13(8-9-17-11(2)15)14-6-4-12(10-16)5-7-14/h3-9H,10,16H2,1-2H3/b9-8-,13-3?,17-11?. The first-order chi connectivity index (χ1) is 8.17. The fourth-order valence-electron chi connectivity index (χ4n) is 1.41. The molecule has 0 bridgehead atoms. The lowest BCUT2D eigenvalue weighted by Gasteiger charge is -2.03. The first-order valence-electron chi connectivity index (χ1n) is 5.49. The van der Waals surface area contributed by atoms with Crippen molar-refractivity contribution >= 4 is 31.9 Å². The third kappa shape index (κ3) is 4.83. The van der Waals surface area contributed by atoms with Gasteiger partial charge in [-0.05, 0) is 59.2 Å². The van der Waals surface area contributed by atoms with Crippen LogP contribution in [-0.4, -0.2) is 3.72 Å². The van der Waals surface area contributed by atoms with Gasteiger partial charge in [0.2, 0.25) is 0 Å². The second kappa shape index (κ2) is 7.40. The maximum Gasteiger partial charge on any atom is 0.0752 e. The van der Waals surface area contributed by atoms with Crippen molar-refractivity contribution in [3.05, 3.63) is 53.7 Å². The van der Waals surface area contributed by atoms with Crippen LogP contribution in [-0.2, 0) is 6.54 Å².